The minimum absolute atomic E-state index is 0.692. The number of halogens is 1. The Kier molecular flexibility index (Phi) is 6.48. The molecular formula is C16H19ClO2Si. The Labute approximate surface area is 127 Å². The molecule has 0 bridgehead atoms. The molecule has 0 saturated carbocycles. The number of unbranched alkanes of at least 4 members (excludes halogenated alkanes) is 1. The molecule has 0 aliphatic carbocycles. The van der Waals surface area contributed by atoms with Crippen molar-refractivity contribution in [2.24, 2.45) is 0 Å². The lowest BCUT2D eigenvalue weighted by Gasteiger charge is -2.18. The van der Waals surface area contributed by atoms with Crippen molar-refractivity contribution >= 4 is 20.9 Å². The lowest BCUT2D eigenvalue weighted by molar-refractivity contribution is 0.418. The highest BCUT2D eigenvalue weighted by molar-refractivity contribution is 6.46. The molecule has 0 atom stereocenters. The summed E-state index contributed by atoms with van der Waals surface area (Å²) in [6.07, 6.45) is 2.04. The second-order valence-electron chi connectivity index (χ2n) is 4.48. The van der Waals surface area contributed by atoms with Crippen molar-refractivity contribution in [1.29, 1.82) is 0 Å². The summed E-state index contributed by atoms with van der Waals surface area (Å²) < 4.78 is 12.1. The van der Waals surface area contributed by atoms with Gasteiger partial charge in [0.15, 0.2) is 0 Å². The molecule has 2 aromatic rings. The van der Waals surface area contributed by atoms with Crippen molar-refractivity contribution in [2.45, 2.75) is 18.9 Å². The van der Waals surface area contributed by atoms with E-state index >= 15 is 0 Å². The fraction of sp³-hybridized carbons (Fsp3) is 0.250. The van der Waals surface area contributed by atoms with Gasteiger partial charge in [-0.15, -0.1) is 11.6 Å². The fourth-order valence-corrected chi connectivity index (χ4v) is 3.87. The summed E-state index contributed by atoms with van der Waals surface area (Å²) in [6, 6.07) is 20.7. The van der Waals surface area contributed by atoms with Crippen LogP contribution >= 0.6 is 11.6 Å². The quantitative estimate of drug-likeness (QED) is 0.409. The minimum Gasteiger partial charge on any atom is -0.514 e. The Balaban J connectivity index is 1.96. The molecular weight excluding hydrogens is 288 g/mol. The molecule has 4 heteroatoms. The third kappa shape index (κ3) is 5.27. The second kappa shape index (κ2) is 8.66. The molecule has 0 fully saturated rings. The number of hydrogen-bond acceptors (Lipinski definition) is 2. The zero-order valence-corrected chi connectivity index (χ0v) is 13.3. The van der Waals surface area contributed by atoms with Crippen molar-refractivity contribution in [3.05, 3.63) is 60.7 Å². The molecule has 2 nitrogen and oxygen atoms in total. The molecule has 0 aliphatic rings. The van der Waals surface area contributed by atoms with Crippen LogP contribution in [0.1, 0.15) is 12.8 Å². The summed E-state index contributed by atoms with van der Waals surface area (Å²) >= 11 is 5.74. The van der Waals surface area contributed by atoms with Crippen LogP contribution < -0.4 is 8.85 Å². The minimum atomic E-state index is -1.78. The number of alkyl halides is 1. The highest BCUT2D eigenvalue weighted by atomic mass is 35.5. The maximum Gasteiger partial charge on any atom is 0.444 e. The first kappa shape index (κ1) is 14.9. The van der Waals surface area contributed by atoms with Crippen LogP contribution in [0.3, 0.4) is 0 Å². The van der Waals surface area contributed by atoms with E-state index in [0.29, 0.717) is 5.88 Å². The predicted molar refractivity (Wildman–Crippen MR) is 86.1 cm³/mol. The van der Waals surface area contributed by atoms with E-state index in [1.807, 2.05) is 60.7 Å². The van der Waals surface area contributed by atoms with Crippen LogP contribution in [0.4, 0.5) is 0 Å². The SMILES string of the molecule is ClCCCC[SiH](Oc1ccccc1)Oc1ccccc1. The van der Waals surface area contributed by atoms with Crippen LogP contribution in [0.2, 0.25) is 6.04 Å². The molecule has 0 heterocycles. The summed E-state index contributed by atoms with van der Waals surface area (Å²) in [5, 5.41) is 0. The molecule has 0 radical (unpaired) electrons. The van der Waals surface area contributed by atoms with Crippen LogP contribution in [0, 0.1) is 0 Å². The number of rotatable bonds is 8. The Morgan fingerprint density at radius 1 is 0.750 bits per heavy atom. The van der Waals surface area contributed by atoms with Crippen LogP contribution in [0.15, 0.2) is 60.7 Å². The van der Waals surface area contributed by atoms with E-state index in [9.17, 15) is 0 Å². The molecule has 106 valence electrons. The Morgan fingerprint density at radius 2 is 1.25 bits per heavy atom. The van der Waals surface area contributed by atoms with E-state index in [0.717, 1.165) is 30.4 Å². The fourth-order valence-electron chi connectivity index (χ4n) is 1.85. The standard InChI is InChI=1S/C16H19ClO2Si/c17-13-7-8-14-20(18-15-9-3-1-4-10-15)19-16-11-5-2-6-12-16/h1-6,9-12,20H,7-8,13-14H2. The summed E-state index contributed by atoms with van der Waals surface area (Å²) in [7, 11) is -1.78. The van der Waals surface area contributed by atoms with Crippen LogP contribution in [0.25, 0.3) is 0 Å². The third-order valence-corrected chi connectivity index (χ3v) is 5.06. The summed E-state index contributed by atoms with van der Waals surface area (Å²) in [5.74, 6) is 2.45. The molecule has 2 aromatic carbocycles. The summed E-state index contributed by atoms with van der Waals surface area (Å²) in [6.45, 7) is 0. The van der Waals surface area contributed by atoms with E-state index in [2.05, 4.69) is 0 Å². The van der Waals surface area contributed by atoms with Crippen molar-refractivity contribution in [1.82, 2.24) is 0 Å². The molecule has 0 aromatic heterocycles. The molecule has 0 saturated heterocycles. The molecule has 2 rings (SSSR count). The molecule has 0 spiro atoms. The van der Waals surface area contributed by atoms with E-state index in [1.54, 1.807) is 0 Å². The van der Waals surface area contributed by atoms with Gasteiger partial charge in [0.2, 0.25) is 0 Å². The summed E-state index contributed by atoms with van der Waals surface area (Å²) in [4.78, 5) is 0. The van der Waals surface area contributed by atoms with Gasteiger partial charge in [0.05, 0.1) is 0 Å². The maximum absolute atomic E-state index is 6.04. The zero-order valence-electron chi connectivity index (χ0n) is 11.4. The predicted octanol–water partition coefficient (Wildman–Crippen LogP) is 4.38. The second-order valence-corrected chi connectivity index (χ2v) is 6.76. The highest BCUT2D eigenvalue weighted by Gasteiger charge is 2.17. The van der Waals surface area contributed by atoms with Gasteiger partial charge in [0.25, 0.3) is 0 Å². The van der Waals surface area contributed by atoms with E-state index in [1.165, 1.54) is 0 Å². The zero-order chi connectivity index (χ0) is 14.0. The Morgan fingerprint density at radius 3 is 1.70 bits per heavy atom. The Bertz CT molecular complexity index is 437. The smallest absolute Gasteiger partial charge is 0.444 e. The molecule has 20 heavy (non-hydrogen) atoms. The summed E-state index contributed by atoms with van der Waals surface area (Å²) in [5.41, 5.74) is 0. The highest BCUT2D eigenvalue weighted by Crippen LogP contribution is 2.17. The van der Waals surface area contributed by atoms with Gasteiger partial charge in [0.1, 0.15) is 11.5 Å². The van der Waals surface area contributed by atoms with Gasteiger partial charge < -0.3 is 8.85 Å². The maximum atomic E-state index is 6.04. The van der Waals surface area contributed by atoms with Gasteiger partial charge in [-0.3, -0.25) is 0 Å². The average molecular weight is 307 g/mol. The third-order valence-electron chi connectivity index (χ3n) is 2.84. The van der Waals surface area contributed by atoms with Gasteiger partial charge in [-0.2, -0.15) is 0 Å². The Hall–Kier alpha value is -1.45. The van der Waals surface area contributed by atoms with Gasteiger partial charge in [-0.1, -0.05) is 36.4 Å². The molecule has 0 aliphatic heterocycles. The van der Waals surface area contributed by atoms with E-state index < -0.39 is 9.28 Å². The topological polar surface area (TPSA) is 18.5 Å². The van der Waals surface area contributed by atoms with E-state index in [-0.39, 0.29) is 0 Å². The van der Waals surface area contributed by atoms with Gasteiger partial charge >= 0.3 is 9.28 Å². The first-order valence-electron chi connectivity index (χ1n) is 6.88. The average Bonchev–Trinajstić information content (AvgIpc) is 2.49. The van der Waals surface area contributed by atoms with Crippen LogP contribution in [-0.4, -0.2) is 15.2 Å². The van der Waals surface area contributed by atoms with Crippen LogP contribution in [0.5, 0.6) is 11.5 Å². The molecule has 0 unspecified atom stereocenters. The molecule has 0 N–H and O–H groups in total. The number of hydrogen-bond donors (Lipinski definition) is 0. The normalized spacial score (nSPS) is 10.5. The van der Waals surface area contributed by atoms with Gasteiger partial charge in [-0.05, 0) is 37.1 Å². The van der Waals surface area contributed by atoms with Gasteiger partial charge in [-0.25, -0.2) is 0 Å². The molecule has 0 amide bonds. The largest absolute Gasteiger partial charge is 0.514 e. The van der Waals surface area contributed by atoms with Gasteiger partial charge in [0, 0.05) is 11.9 Å². The monoisotopic (exact) mass is 306 g/mol. The van der Waals surface area contributed by atoms with Crippen molar-refractivity contribution in [3.63, 3.8) is 0 Å². The van der Waals surface area contributed by atoms with Crippen LogP contribution in [-0.2, 0) is 0 Å². The number of benzene rings is 2. The lowest BCUT2D eigenvalue weighted by atomic mass is 10.3. The van der Waals surface area contributed by atoms with E-state index in [4.69, 9.17) is 20.5 Å². The first-order valence-corrected chi connectivity index (χ1v) is 9.17. The lowest BCUT2D eigenvalue weighted by Crippen LogP contribution is -2.29. The van der Waals surface area contributed by atoms with Crippen molar-refractivity contribution in [2.75, 3.05) is 5.88 Å². The van der Waals surface area contributed by atoms with Crippen molar-refractivity contribution < 1.29 is 8.85 Å². The first-order chi connectivity index (χ1) is 9.88. The van der Waals surface area contributed by atoms with Crippen molar-refractivity contribution in [3.8, 4) is 11.5 Å². The number of para-hydroxylation sites is 2.